The molecular weight excluding hydrogens is 729 g/mol. The van der Waals surface area contributed by atoms with E-state index in [4.69, 9.17) is 13.8 Å². The van der Waals surface area contributed by atoms with Crippen molar-refractivity contribution < 1.29 is 8.83 Å². The smallest absolute Gasteiger partial charge is 0.227 e. The normalized spacial score (nSPS) is 11.8. The standard InChI is InChI=1S/C53H32N2O2S/c1-3-13-34(14-4-1)53-54-45-22-11-20-41(50(45)57-53)44-31-36-15-7-8-18-39(36)51-49(44)43-30-27-35(32-47(43)56-51)33-25-28-38(29-26-33)55(37-16-5-2-6-17-37)46-23-12-21-42-40-19-9-10-24-48(40)58-52(42)46/h1-32H. The molecule has 9 aromatic carbocycles. The predicted octanol–water partition coefficient (Wildman–Crippen LogP) is 15.7. The van der Waals surface area contributed by atoms with Gasteiger partial charge in [-0.2, -0.15) is 0 Å². The molecule has 0 aliphatic rings. The average molecular weight is 761 g/mol. The van der Waals surface area contributed by atoms with E-state index in [1.54, 1.807) is 0 Å². The van der Waals surface area contributed by atoms with Gasteiger partial charge in [0.1, 0.15) is 16.7 Å². The number of hydrogen-bond donors (Lipinski definition) is 0. The summed E-state index contributed by atoms with van der Waals surface area (Å²) < 4.78 is 16.0. The van der Waals surface area contributed by atoms with Gasteiger partial charge < -0.3 is 13.7 Å². The maximum atomic E-state index is 6.87. The molecule has 58 heavy (non-hydrogen) atoms. The number of fused-ring (bicyclic) bond motifs is 9. The number of anilines is 3. The van der Waals surface area contributed by atoms with Crippen LogP contribution in [0.25, 0.3) is 97.7 Å². The van der Waals surface area contributed by atoms with Gasteiger partial charge in [-0.25, -0.2) is 4.98 Å². The quantitative estimate of drug-likeness (QED) is 0.169. The van der Waals surface area contributed by atoms with Gasteiger partial charge in [0.15, 0.2) is 5.58 Å². The molecule has 3 heterocycles. The van der Waals surface area contributed by atoms with Crippen LogP contribution in [0, 0.1) is 0 Å². The lowest BCUT2D eigenvalue weighted by Crippen LogP contribution is -2.09. The van der Waals surface area contributed by atoms with Crippen LogP contribution in [-0.2, 0) is 0 Å². The third-order valence-electron chi connectivity index (χ3n) is 11.3. The Bertz CT molecular complexity index is 3510. The molecule has 0 amide bonds. The molecule has 0 aliphatic carbocycles. The molecule has 0 atom stereocenters. The first kappa shape index (κ1) is 32.7. The molecule has 0 bridgehead atoms. The lowest BCUT2D eigenvalue weighted by Gasteiger charge is -2.26. The fourth-order valence-corrected chi connectivity index (χ4v) is 9.79. The third kappa shape index (κ3) is 5.18. The molecule has 12 rings (SSSR count). The predicted molar refractivity (Wildman–Crippen MR) is 243 cm³/mol. The molecule has 0 saturated heterocycles. The zero-order valence-corrected chi connectivity index (χ0v) is 31.9. The van der Waals surface area contributed by atoms with Gasteiger partial charge >= 0.3 is 0 Å². The molecule has 3 aromatic heterocycles. The fourth-order valence-electron chi connectivity index (χ4n) is 8.58. The van der Waals surface area contributed by atoms with Gasteiger partial charge in [0.2, 0.25) is 5.89 Å². The summed E-state index contributed by atoms with van der Waals surface area (Å²) in [7, 11) is 0. The Kier molecular flexibility index (Phi) is 7.37. The van der Waals surface area contributed by atoms with E-state index in [9.17, 15) is 0 Å². The largest absolute Gasteiger partial charge is 0.455 e. The van der Waals surface area contributed by atoms with E-state index in [0.29, 0.717) is 5.89 Å². The highest BCUT2D eigenvalue weighted by Gasteiger charge is 2.22. The SMILES string of the molecule is c1ccc(-c2nc3cccc(-c4cc5ccccc5c5oc6cc(-c7ccc(N(c8ccccc8)c8cccc9c8sc8ccccc89)cc7)ccc6c45)c3o2)cc1. The molecule has 0 N–H and O–H groups in total. The topological polar surface area (TPSA) is 42.4 Å². The first-order chi connectivity index (χ1) is 28.7. The van der Waals surface area contributed by atoms with Gasteiger partial charge in [-0.15, -0.1) is 11.3 Å². The molecule has 0 spiro atoms. The summed E-state index contributed by atoms with van der Waals surface area (Å²) in [6.07, 6.45) is 0. The van der Waals surface area contributed by atoms with E-state index in [1.165, 1.54) is 25.9 Å². The van der Waals surface area contributed by atoms with Crippen molar-refractivity contribution in [2.45, 2.75) is 0 Å². The summed E-state index contributed by atoms with van der Waals surface area (Å²) in [6.45, 7) is 0. The number of rotatable bonds is 6. The Morgan fingerprint density at radius 3 is 2.02 bits per heavy atom. The molecule has 272 valence electrons. The summed E-state index contributed by atoms with van der Waals surface area (Å²) in [5.41, 5.74) is 11.9. The van der Waals surface area contributed by atoms with Gasteiger partial charge in [0.25, 0.3) is 0 Å². The minimum Gasteiger partial charge on any atom is -0.455 e. The molecule has 4 nitrogen and oxygen atoms in total. The molecular formula is C53H32N2O2S. The third-order valence-corrected chi connectivity index (χ3v) is 12.5. The monoisotopic (exact) mass is 760 g/mol. The van der Waals surface area contributed by atoms with Gasteiger partial charge in [-0.3, -0.25) is 0 Å². The highest BCUT2D eigenvalue weighted by molar-refractivity contribution is 7.26. The number of para-hydroxylation sites is 2. The minimum absolute atomic E-state index is 0.608. The van der Waals surface area contributed by atoms with Crippen LogP contribution in [0.4, 0.5) is 17.1 Å². The van der Waals surface area contributed by atoms with Crippen molar-refractivity contribution in [3.8, 4) is 33.7 Å². The van der Waals surface area contributed by atoms with Crippen LogP contribution in [0.15, 0.2) is 203 Å². The molecule has 12 aromatic rings. The summed E-state index contributed by atoms with van der Waals surface area (Å²) >= 11 is 1.85. The number of furan rings is 1. The molecule has 0 saturated carbocycles. The van der Waals surface area contributed by atoms with Crippen molar-refractivity contribution in [2.24, 2.45) is 0 Å². The van der Waals surface area contributed by atoms with E-state index in [2.05, 4.69) is 163 Å². The van der Waals surface area contributed by atoms with Crippen LogP contribution in [0.5, 0.6) is 0 Å². The summed E-state index contributed by atoms with van der Waals surface area (Å²) in [5, 5.41) is 6.88. The lowest BCUT2D eigenvalue weighted by molar-refractivity contribution is 0.621. The second-order valence-corrected chi connectivity index (χ2v) is 15.7. The second-order valence-electron chi connectivity index (χ2n) is 14.7. The number of hydrogen-bond acceptors (Lipinski definition) is 5. The van der Waals surface area contributed by atoms with Gasteiger partial charge in [-0.1, -0.05) is 121 Å². The van der Waals surface area contributed by atoms with Crippen molar-refractivity contribution >= 4 is 92.4 Å². The van der Waals surface area contributed by atoms with E-state index in [0.717, 1.165) is 83.0 Å². The van der Waals surface area contributed by atoms with E-state index in [1.807, 2.05) is 47.7 Å². The van der Waals surface area contributed by atoms with E-state index < -0.39 is 0 Å². The Hall–Kier alpha value is -7.47. The summed E-state index contributed by atoms with van der Waals surface area (Å²) in [6, 6.07) is 68.4. The number of benzene rings is 9. The summed E-state index contributed by atoms with van der Waals surface area (Å²) in [5.74, 6) is 0.608. The van der Waals surface area contributed by atoms with Crippen LogP contribution >= 0.6 is 11.3 Å². The van der Waals surface area contributed by atoms with Crippen LogP contribution in [0.2, 0.25) is 0 Å². The molecule has 0 fully saturated rings. The van der Waals surface area contributed by atoms with E-state index in [-0.39, 0.29) is 0 Å². The van der Waals surface area contributed by atoms with E-state index >= 15 is 0 Å². The summed E-state index contributed by atoms with van der Waals surface area (Å²) in [4.78, 5) is 7.26. The lowest BCUT2D eigenvalue weighted by atomic mass is 9.94. The first-order valence-electron chi connectivity index (χ1n) is 19.4. The van der Waals surface area contributed by atoms with Crippen LogP contribution in [0.1, 0.15) is 0 Å². The van der Waals surface area contributed by atoms with Crippen molar-refractivity contribution in [1.82, 2.24) is 4.98 Å². The van der Waals surface area contributed by atoms with Crippen molar-refractivity contribution in [2.75, 3.05) is 4.90 Å². The highest BCUT2D eigenvalue weighted by atomic mass is 32.1. The number of thiophene rings is 1. The Labute approximate surface area is 337 Å². The van der Waals surface area contributed by atoms with Crippen molar-refractivity contribution in [3.63, 3.8) is 0 Å². The van der Waals surface area contributed by atoms with Crippen LogP contribution in [0.3, 0.4) is 0 Å². The Morgan fingerprint density at radius 1 is 0.448 bits per heavy atom. The second kappa shape index (κ2) is 13.1. The number of aromatic nitrogens is 1. The van der Waals surface area contributed by atoms with Gasteiger partial charge in [0, 0.05) is 54.1 Å². The Balaban J connectivity index is 0.983. The van der Waals surface area contributed by atoms with Crippen molar-refractivity contribution in [3.05, 3.63) is 194 Å². The highest BCUT2D eigenvalue weighted by Crippen LogP contribution is 2.47. The first-order valence-corrected chi connectivity index (χ1v) is 20.3. The molecule has 5 heteroatoms. The number of nitrogens with zero attached hydrogens (tertiary/aromatic N) is 2. The Morgan fingerprint density at radius 2 is 1.16 bits per heavy atom. The van der Waals surface area contributed by atoms with Gasteiger partial charge in [-0.05, 0) is 94.9 Å². The van der Waals surface area contributed by atoms with Crippen LogP contribution < -0.4 is 4.90 Å². The van der Waals surface area contributed by atoms with Crippen LogP contribution in [-0.4, -0.2) is 4.98 Å². The molecule has 0 aliphatic heterocycles. The average Bonchev–Trinajstić information content (AvgIpc) is 4.01. The fraction of sp³-hybridized carbons (Fsp3) is 0. The van der Waals surface area contributed by atoms with Crippen molar-refractivity contribution in [1.29, 1.82) is 0 Å². The zero-order valence-electron chi connectivity index (χ0n) is 31.1. The molecule has 0 unspecified atom stereocenters. The number of oxazole rings is 1. The minimum atomic E-state index is 0.608. The maximum Gasteiger partial charge on any atom is 0.227 e. The van der Waals surface area contributed by atoms with Gasteiger partial charge in [0.05, 0.1) is 10.4 Å². The molecule has 0 radical (unpaired) electrons. The zero-order chi connectivity index (χ0) is 38.2. The maximum absolute atomic E-state index is 6.87.